The lowest BCUT2D eigenvalue weighted by atomic mass is 9.96. The Morgan fingerprint density at radius 1 is 1.40 bits per heavy atom. The number of carbonyl (C=O) groups excluding carboxylic acids is 1. The van der Waals surface area contributed by atoms with Crippen LogP contribution in [0.3, 0.4) is 0 Å². The Kier molecular flexibility index (Phi) is 5.05. The van der Waals surface area contributed by atoms with Gasteiger partial charge in [0, 0.05) is 29.8 Å². The van der Waals surface area contributed by atoms with Crippen LogP contribution in [0.1, 0.15) is 23.2 Å². The van der Waals surface area contributed by atoms with Crippen molar-refractivity contribution in [2.45, 2.75) is 12.8 Å². The molecule has 0 spiro atoms. The van der Waals surface area contributed by atoms with Crippen LogP contribution in [-0.4, -0.2) is 49.4 Å². The average molecular weight is 340 g/mol. The first kappa shape index (κ1) is 15.3. The van der Waals surface area contributed by atoms with Gasteiger partial charge in [0.25, 0.3) is 5.91 Å². The molecular weight excluding hydrogens is 318 g/mol. The van der Waals surface area contributed by atoms with Crippen LogP contribution in [0.5, 0.6) is 0 Å². The Hall–Kier alpha value is -1.07. The normalized spacial score (nSPS) is 16.7. The highest BCUT2D eigenvalue weighted by molar-refractivity contribution is 9.10. The molecule has 20 heavy (non-hydrogen) atoms. The van der Waals surface area contributed by atoms with Gasteiger partial charge in [-0.1, -0.05) is 0 Å². The summed E-state index contributed by atoms with van der Waals surface area (Å²) in [6.07, 6.45) is 2.15. The van der Waals surface area contributed by atoms with E-state index in [1.807, 2.05) is 11.0 Å². The van der Waals surface area contributed by atoms with Crippen molar-refractivity contribution in [1.82, 2.24) is 9.80 Å². The van der Waals surface area contributed by atoms with Crippen molar-refractivity contribution < 1.29 is 4.79 Å². The van der Waals surface area contributed by atoms with E-state index < -0.39 is 0 Å². The molecule has 0 aromatic heterocycles. The maximum atomic E-state index is 12.5. The summed E-state index contributed by atoms with van der Waals surface area (Å²) >= 11 is 3.43. The molecule has 1 aromatic carbocycles. The molecule has 110 valence electrons. The Labute approximate surface area is 129 Å². The van der Waals surface area contributed by atoms with Gasteiger partial charge in [0.05, 0.1) is 5.56 Å². The zero-order valence-corrected chi connectivity index (χ0v) is 13.7. The molecule has 1 aliphatic heterocycles. The molecule has 5 heteroatoms. The Balaban J connectivity index is 2.00. The molecule has 0 bridgehead atoms. The standard InChI is InChI=1S/C15H22BrN3O/c1-18(2)10-11-5-7-19(8-6-11)15(20)13-9-12(17)3-4-14(13)16/h3-4,9,11H,5-8,10,17H2,1-2H3. The SMILES string of the molecule is CN(C)CC1CCN(C(=O)c2cc(N)ccc2Br)CC1. The molecule has 4 nitrogen and oxygen atoms in total. The summed E-state index contributed by atoms with van der Waals surface area (Å²) in [6, 6.07) is 5.38. The van der Waals surface area contributed by atoms with Gasteiger partial charge in [0.2, 0.25) is 0 Å². The molecule has 2 rings (SSSR count). The monoisotopic (exact) mass is 339 g/mol. The van der Waals surface area contributed by atoms with Crippen molar-refractivity contribution in [3.8, 4) is 0 Å². The number of likely N-dealkylation sites (tertiary alicyclic amines) is 1. The van der Waals surface area contributed by atoms with Crippen LogP contribution in [0.25, 0.3) is 0 Å². The molecule has 1 amide bonds. The zero-order chi connectivity index (χ0) is 14.7. The summed E-state index contributed by atoms with van der Waals surface area (Å²) in [5, 5.41) is 0. The van der Waals surface area contributed by atoms with E-state index in [4.69, 9.17) is 5.73 Å². The van der Waals surface area contributed by atoms with Crippen LogP contribution in [0.4, 0.5) is 5.69 Å². The second-order valence-corrected chi connectivity index (χ2v) is 6.59. The van der Waals surface area contributed by atoms with Gasteiger partial charge >= 0.3 is 0 Å². The molecule has 0 radical (unpaired) electrons. The van der Waals surface area contributed by atoms with Gasteiger partial charge < -0.3 is 15.5 Å². The summed E-state index contributed by atoms with van der Waals surface area (Å²) in [5.74, 6) is 0.769. The van der Waals surface area contributed by atoms with Crippen molar-refractivity contribution in [3.05, 3.63) is 28.2 Å². The number of hydrogen-bond donors (Lipinski definition) is 1. The molecule has 1 fully saturated rings. The summed E-state index contributed by atoms with van der Waals surface area (Å²) in [7, 11) is 4.20. The van der Waals surface area contributed by atoms with Crippen molar-refractivity contribution >= 4 is 27.5 Å². The number of carbonyl (C=O) groups is 1. The zero-order valence-electron chi connectivity index (χ0n) is 12.1. The van der Waals surface area contributed by atoms with Crippen LogP contribution in [-0.2, 0) is 0 Å². The average Bonchev–Trinajstić information content (AvgIpc) is 2.41. The fraction of sp³-hybridized carbons (Fsp3) is 0.533. The minimum Gasteiger partial charge on any atom is -0.399 e. The Morgan fingerprint density at radius 2 is 2.05 bits per heavy atom. The fourth-order valence-electron chi connectivity index (χ4n) is 2.71. The lowest BCUT2D eigenvalue weighted by Crippen LogP contribution is -2.40. The van der Waals surface area contributed by atoms with Crippen molar-refractivity contribution in [3.63, 3.8) is 0 Å². The van der Waals surface area contributed by atoms with Crippen molar-refractivity contribution in [1.29, 1.82) is 0 Å². The minimum atomic E-state index is 0.0764. The largest absolute Gasteiger partial charge is 0.399 e. The van der Waals surface area contributed by atoms with Gasteiger partial charge in [-0.15, -0.1) is 0 Å². The molecule has 1 aromatic rings. The Bertz CT molecular complexity index is 482. The summed E-state index contributed by atoms with van der Waals surface area (Å²) in [5.41, 5.74) is 7.06. The number of rotatable bonds is 3. The first-order valence-electron chi connectivity index (χ1n) is 6.96. The molecular formula is C15H22BrN3O. The van der Waals surface area contributed by atoms with E-state index >= 15 is 0 Å². The summed E-state index contributed by atoms with van der Waals surface area (Å²) < 4.78 is 0.812. The summed E-state index contributed by atoms with van der Waals surface area (Å²) in [6.45, 7) is 2.77. The van der Waals surface area contributed by atoms with Crippen LogP contribution in [0, 0.1) is 5.92 Å². The topological polar surface area (TPSA) is 49.6 Å². The second-order valence-electron chi connectivity index (χ2n) is 5.74. The van der Waals surface area contributed by atoms with Crippen LogP contribution < -0.4 is 5.73 Å². The number of benzene rings is 1. The van der Waals surface area contributed by atoms with Crippen LogP contribution >= 0.6 is 15.9 Å². The van der Waals surface area contributed by atoms with E-state index in [0.29, 0.717) is 17.2 Å². The number of amides is 1. The van der Waals surface area contributed by atoms with Gasteiger partial charge in [-0.2, -0.15) is 0 Å². The molecule has 1 saturated heterocycles. The van der Waals surface area contributed by atoms with Gasteiger partial charge in [0.15, 0.2) is 0 Å². The third-order valence-corrected chi connectivity index (χ3v) is 4.44. The number of piperidine rings is 1. The minimum absolute atomic E-state index is 0.0764. The number of anilines is 1. The number of nitrogens with two attached hydrogens (primary N) is 1. The van der Waals surface area contributed by atoms with Crippen LogP contribution in [0.15, 0.2) is 22.7 Å². The van der Waals surface area contributed by atoms with Gasteiger partial charge in [-0.3, -0.25) is 4.79 Å². The van der Waals surface area contributed by atoms with Crippen molar-refractivity contribution in [2.24, 2.45) is 5.92 Å². The summed E-state index contributed by atoms with van der Waals surface area (Å²) in [4.78, 5) is 16.7. The predicted octanol–water partition coefficient (Wildman–Crippen LogP) is 2.45. The van der Waals surface area contributed by atoms with E-state index in [2.05, 4.69) is 34.9 Å². The smallest absolute Gasteiger partial charge is 0.255 e. The fourth-order valence-corrected chi connectivity index (χ4v) is 3.13. The molecule has 0 aliphatic carbocycles. The maximum Gasteiger partial charge on any atom is 0.255 e. The van der Waals surface area contributed by atoms with Gasteiger partial charge in [0.1, 0.15) is 0 Å². The highest BCUT2D eigenvalue weighted by Gasteiger charge is 2.25. The predicted molar refractivity (Wildman–Crippen MR) is 85.7 cm³/mol. The number of nitrogen functional groups attached to an aromatic ring is 1. The second kappa shape index (κ2) is 6.59. The molecule has 1 heterocycles. The highest BCUT2D eigenvalue weighted by Crippen LogP contribution is 2.24. The highest BCUT2D eigenvalue weighted by atomic mass is 79.9. The lowest BCUT2D eigenvalue weighted by Gasteiger charge is -2.33. The van der Waals surface area contributed by atoms with E-state index in [0.717, 1.165) is 36.9 Å². The van der Waals surface area contributed by atoms with E-state index in [9.17, 15) is 4.79 Å². The van der Waals surface area contributed by atoms with E-state index in [1.165, 1.54) is 0 Å². The quantitative estimate of drug-likeness (QED) is 0.860. The first-order valence-corrected chi connectivity index (χ1v) is 7.75. The van der Waals surface area contributed by atoms with Crippen LogP contribution in [0.2, 0.25) is 0 Å². The Morgan fingerprint density at radius 3 is 2.65 bits per heavy atom. The van der Waals surface area contributed by atoms with E-state index in [-0.39, 0.29) is 5.91 Å². The van der Waals surface area contributed by atoms with Crippen molar-refractivity contribution in [2.75, 3.05) is 39.5 Å². The molecule has 0 unspecified atom stereocenters. The molecule has 0 atom stereocenters. The number of halogens is 1. The molecule has 0 saturated carbocycles. The number of hydrogen-bond acceptors (Lipinski definition) is 3. The lowest BCUT2D eigenvalue weighted by molar-refractivity contribution is 0.0677. The molecule has 1 aliphatic rings. The van der Waals surface area contributed by atoms with Gasteiger partial charge in [-0.25, -0.2) is 0 Å². The first-order chi connectivity index (χ1) is 9.47. The number of nitrogens with zero attached hydrogens (tertiary/aromatic N) is 2. The third-order valence-electron chi connectivity index (χ3n) is 3.75. The third kappa shape index (κ3) is 3.73. The maximum absolute atomic E-state index is 12.5. The van der Waals surface area contributed by atoms with Gasteiger partial charge in [-0.05, 0) is 67.0 Å². The molecule has 2 N–H and O–H groups in total. The van der Waals surface area contributed by atoms with E-state index in [1.54, 1.807) is 12.1 Å².